The largest absolute Gasteiger partial charge is 0.481 e. The predicted octanol–water partition coefficient (Wildman–Crippen LogP) is 3.85. The average molecular weight is 348 g/mol. The number of fused-ring (bicyclic) bond motifs is 1. The Morgan fingerprint density at radius 1 is 1.00 bits per heavy atom. The topological polar surface area (TPSA) is 63.1 Å². The van der Waals surface area contributed by atoms with Crippen LogP contribution < -0.4 is 0 Å². The lowest BCUT2D eigenvalue weighted by Gasteiger charge is -2.41. The lowest BCUT2D eigenvalue weighted by atomic mass is 9.63. The maximum Gasteiger partial charge on any atom is 0.309 e. The highest BCUT2D eigenvalue weighted by molar-refractivity contribution is 5.69. The van der Waals surface area contributed by atoms with Gasteiger partial charge in [-0.25, -0.2) is 0 Å². The van der Waals surface area contributed by atoms with E-state index in [1.54, 1.807) is 12.1 Å². The Morgan fingerprint density at radius 3 is 2.31 bits per heavy atom. The van der Waals surface area contributed by atoms with Crippen molar-refractivity contribution in [2.45, 2.75) is 57.8 Å². The second kappa shape index (κ2) is 6.57. The quantitative estimate of drug-likeness (QED) is 0.837. The normalized spacial score (nSPS) is 16.9. The Morgan fingerprint density at radius 2 is 1.69 bits per heavy atom. The minimum Gasteiger partial charge on any atom is -0.481 e. The van der Waals surface area contributed by atoms with Gasteiger partial charge in [-0.2, -0.15) is 5.10 Å². The molecular formula is C22H24N2O2. The molecule has 26 heavy (non-hydrogen) atoms. The summed E-state index contributed by atoms with van der Waals surface area (Å²) in [6.45, 7) is 9.21. The van der Waals surface area contributed by atoms with Crippen LogP contribution >= 0.6 is 0 Å². The van der Waals surface area contributed by atoms with Gasteiger partial charge in [-0.05, 0) is 65.0 Å². The van der Waals surface area contributed by atoms with Crippen molar-refractivity contribution in [1.82, 2.24) is 10.2 Å². The van der Waals surface area contributed by atoms with Crippen molar-refractivity contribution in [2.75, 3.05) is 0 Å². The van der Waals surface area contributed by atoms with E-state index >= 15 is 0 Å². The van der Waals surface area contributed by atoms with Crippen molar-refractivity contribution in [3.05, 3.63) is 58.4 Å². The van der Waals surface area contributed by atoms with Crippen LogP contribution in [0, 0.1) is 11.8 Å². The fourth-order valence-corrected chi connectivity index (χ4v) is 3.48. The Bertz CT molecular complexity index is 900. The van der Waals surface area contributed by atoms with Gasteiger partial charge >= 0.3 is 5.97 Å². The lowest BCUT2D eigenvalue weighted by Crippen LogP contribution is -2.33. The minimum absolute atomic E-state index is 0.129. The summed E-state index contributed by atoms with van der Waals surface area (Å²) in [5, 5.41) is 16.7. The highest BCUT2D eigenvalue weighted by Gasteiger charge is 2.36. The molecule has 0 fully saturated rings. The molecule has 1 aliphatic rings. The van der Waals surface area contributed by atoms with E-state index in [0.717, 1.165) is 5.56 Å². The first-order valence-electron chi connectivity index (χ1n) is 8.89. The number of rotatable bonds is 2. The van der Waals surface area contributed by atoms with E-state index in [9.17, 15) is 4.79 Å². The Labute approximate surface area is 154 Å². The van der Waals surface area contributed by atoms with Crippen LogP contribution in [0.4, 0.5) is 0 Å². The zero-order valence-electron chi connectivity index (χ0n) is 15.8. The molecule has 1 aromatic heterocycles. The van der Waals surface area contributed by atoms with Crippen LogP contribution in [0.1, 0.15) is 68.6 Å². The first-order chi connectivity index (χ1) is 12.2. The summed E-state index contributed by atoms with van der Waals surface area (Å²) < 4.78 is 0. The molecule has 1 heterocycles. The molecule has 4 nitrogen and oxygen atoms in total. The third-order valence-corrected chi connectivity index (χ3v) is 5.24. The molecule has 2 aromatic rings. The molecule has 0 bridgehead atoms. The number of aliphatic carboxylic acids is 1. The van der Waals surface area contributed by atoms with Crippen LogP contribution in [-0.2, 0) is 22.0 Å². The molecule has 0 atom stereocenters. The van der Waals surface area contributed by atoms with Gasteiger partial charge in [0.2, 0.25) is 0 Å². The van der Waals surface area contributed by atoms with Crippen molar-refractivity contribution in [3.8, 4) is 11.8 Å². The van der Waals surface area contributed by atoms with E-state index < -0.39 is 5.97 Å². The summed E-state index contributed by atoms with van der Waals surface area (Å²) in [6.07, 6.45) is 2.23. The Hall–Kier alpha value is -2.67. The molecule has 0 unspecified atom stereocenters. The second-order valence-corrected chi connectivity index (χ2v) is 8.26. The fraction of sp³-hybridized carbons (Fsp3) is 0.409. The zero-order chi connectivity index (χ0) is 18.9. The number of hydrogen-bond donors (Lipinski definition) is 1. The monoisotopic (exact) mass is 348 g/mol. The van der Waals surface area contributed by atoms with E-state index in [2.05, 4.69) is 67.9 Å². The SMILES string of the molecule is CC1(C)CCC(C)(C)c2cc(C#Cc3ccc(CC(=O)O)nn3)ccc21. The number of hydrogen-bond acceptors (Lipinski definition) is 3. The summed E-state index contributed by atoms with van der Waals surface area (Å²) in [4.78, 5) is 10.7. The van der Waals surface area contributed by atoms with Crippen molar-refractivity contribution in [3.63, 3.8) is 0 Å². The van der Waals surface area contributed by atoms with Gasteiger partial charge in [-0.15, -0.1) is 5.10 Å². The van der Waals surface area contributed by atoms with Gasteiger partial charge in [-0.1, -0.05) is 39.7 Å². The lowest BCUT2D eigenvalue weighted by molar-refractivity contribution is -0.136. The molecule has 0 saturated heterocycles. The Kier molecular flexibility index (Phi) is 4.58. The number of carbonyl (C=O) groups is 1. The van der Waals surface area contributed by atoms with Crippen molar-refractivity contribution < 1.29 is 9.90 Å². The van der Waals surface area contributed by atoms with E-state index in [1.165, 1.54) is 24.0 Å². The van der Waals surface area contributed by atoms with E-state index in [-0.39, 0.29) is 17.3 Å². The summed E-state index contributed by atoms with van der Waals surface area (Å²) >= 11 is 0. The predicted molar refractivity (Wildman–Crippen MR) is 101 cm³/mol. The third-order valence-electron chi connectivity index (χ3n) is 5.24. The van der Waals surface area contributed by atoms with Crippen LogP contribution in [-0.4, -0.2) is 21.3 Å². The molecule has 1 N–H and O–H groups in total. The van der Waals surface area contributed by atoms with Crippen LogP contribution in [0.25, 0.3) is 0 Å². The number of benzene rings is 1. The van der Waals surface area contributed by atoms with E-state index in [0.29, 0.717) is 11.4 Å². The van der Waals surface area contributed by atoms with Crippen LogP contribution in [0.2, 0.25) is 0 Å². The van der Waals surface area contributed by atoms with E-state index in [1.807, 2.05) is 0 Å². The van der Waals surface area contributed by atoms with Gasteiger partial charge in [0.05, 0.1) is 12.1 Å². The molecule has 0 saturated carbocycles. The summed E-state index contributed by atoms with van der Waals surface area (Å²) in [6, 6.07) is 9.85. The first-order valence-corrected chi connectivity index (χ1v) is 8.89. The standard InChI is InChI=1S/C22H24N2O2/c1-21(2)11-12-22(3,4)19-13-15(6-10-18(19)21)5-7-16-8-9-17(24-23-16)14-20(25)26/h6,8-10,13H,11-12,14H2,1-4H3,(H,25,26). The van der Waals surface area contributed by atoms with Crippen molar-refractivity contribution >= 4 is 5.97 Å². The third kappa shape index (κ3) is 3.77. The Balaban J connectivity index is 1.88. The molecule has 1 aromatic carbocycles. The highest BCUT2D eigenvalue weighted by Crippen LogP contribution is 2.45. The molecule has 3 rings (SSSR count). The average Bonchev–Trinajstić information content (AvgIpc) is 2.58. The first kappa shape index (κ1) is 18.1. The van der Waals surface area contributed by atoms with Gasteiger partial charge < -0.3 is 5.11 Å². The van der Waals surface area contributed by atoms with Crippen molar-refractivity contribution in [2.24, 2.45) is 0 Å². The van der Waals surface area contributed by atoms with Gasteiger partial charge in [0.15, 0.2) is 0 Å². The molecule has 0 amide bonds. The maximum atomic E-state index is 10.7. The molecule has 4 heteroatoms. The number of carboxylic acid groups (broad SMARTS) is 1. The molecule has 134 valence electrons. The van der Waals surface area contributed by atoms with Gasteiger partial charge in [0, 0.05) is 5.56 Å². The number of aromatic nitrogens is 2. The van der Waals surface area contributed by atoms with E-state index in [4.69, 9.17) is 5.11 Å². The number of carboxylic acids is 1. The van der Waals surface area contributed by atoms with Crippen LogP contribution in [0.15, 0.2) is 30.3 Å². The highest BCUT2D eigenvalue weighted by atomic mass is 16.4. The molecule has 0 aliphatic heterocycles. The molecular weight excluding hydrogens is 324 g/mol. The van der Waals surface area contributed by atoms with Crippen molar-refractivity contribution in [1.29, 1.82) is 0 Å². The fourth-order valence-electron chi connectivity index (χ4n) is 3.48. The zero-order valence-corrected chi connectivity index (χ0v) is 15.8. The number of nitrogens with zero attached hydrogens (tertiary/aromatic N) is 2. The smallest absolute Gasteiger partial charge is 0.309 e. The van der Waals surface area contributed by atoms with Crippen LogP contribution in [0.3, 0.4) is 0 Å². The molecule has 1 aliphatic carbocycles. The summed E-state index contributed by atoms with van der Waals surface area (Å²) in [5.41, 5.74) is 5.08. The molecule has 0 spiro atoms. The minimum atomic E-state index is -0.919. The second-order valence-electron chi connectivity index (χ2n) is 8.26. The maximum absolute atomic E-state index is 10.7. The summed E-state index contributed by atoms with van der Waals surface area (Å²) in [7, 11) is 0. The van der Waals surface area contributed by atoms with Gasteiger partial charge in [0.1, 0.15) is 5.69 Å². The van der Waals surface area contributed by atoms with Crippen LogP contribution in [0.5, 0.6) is 0 Å². The molecule has 0 radical (unpaired) electrons. The van der Waals surface area contributed by atoms with Gasteiger partial charge in [-0.3, -0.25) is 4.79 Å². The summed E-state index contributed by atoms with van der Waals surface area (Å²) in [5.74, 6) is 5.27. The van der Waals surface area contributed by atoms with Gasteiger partial charge in [0.25, 0.3) is 0 Å².